The molecular formula is C15H18FNO3. The molecule has 0 aromatic heterocycles. The van der Waals surface area contributed by atoms with Crippen molar-refractivity contribution in [3.8, 4) is 0 Å². The smallest absolute Gasteiger partial charge is 0.330 e. The number of esters is 1. The molecule has 1 atom stereocenters. The Kier molecular flexibility index (Phi) is 6.43. The van der Waals surface area contributed by atoms with Gasteiger partial charge in [0.05, 0.1) is 7.11 Å². The van der Waals surface area contributed by atoms with E-state index < -0.39 is 5.97 Å². The van der Waals surface area contributed by atoms with Gasteiger partial charge in [-0.15, -0.1) is 0 Å². The zero-order chi connectivity index (χ0) is 15.0. The number of rotatable bonds is 6. The fourth-order valence-electron chi connectivity index (χ4n) is 1.73. The average Bonchev–Trinajstić information content (AvgIpc) is 2.43. The largest absolute Gasteiger partial charge is 0.466 e. The first-order chi connectivity index (χ1) is 9.54. The molecule has 1 unspecified atom stereocenters. The molecule has 0 aliphatic carbocycles. The van der Waals surface area contributed by atoms with Gasteiger partial charge in [-0.25, -0.2) is 9.18 Å². The highest BCUT2D eigenvalue weighted by Crippen LogP contribution is 2.21. The first-order valence-corrected chi connectivity index (χ1v) is 6.30. The summed E-state index contributed by atoms with van der Waals surface area (Å²) >= 11 is 0. The van der Waals surface area contributed by atoms with E-state index in [9.17, 15) is 14.0 Å². The second kappa shape index (κ2) is 8.09. The van der Waals surface area contributed by atoms with Gasteiger partial charge in [-0.1, -0.05) is 31.2 Å². The maximum atomic E-state index is 13.5. The van der Waals surface area contributed by atoms with E-state index in [0.29, 0.717) is 5.56 Å². The number of amides is 1. The van der Waals surface area contributed by atoms with Gasteiger partial charge >= 0.3 is 5.97 Å². The topological polar surface area (TPSA) is 55.4 Å². The van der Waals surface area contributed by atoms with Crippen molar-refractivity contribution in [1.82, 2.24) is 5.32 Å². The summed E-state index contributed by atoms with van der Waals surface area (Å²) in [6, 6.07) is 6.41. The van der Waals surface area contributed by atoms with Crippen LogP contribution in [0.4, 0.5) is 4.39 Å². The molecule has 5 heteroatoms. The highest BCUT2D eigenvalue weighted by molar-refractivity contribution is 5.82. The summed E-state index contributed by atoms with van der Waals surface area (Å²) < 4.78 is 17.9. The van der Waals surface area contributed by atoms with Crippen LogP contribution in [-0.2, 0) is 14.3 Å². The number of nitrogens with one attached hydrogen (secondary N) is 1. The Labute approximate surface area is 117 Å². The molecule has 0 bridgehead atoms. The van der Waals surface area contributed by atoms with E-state index in [0.717, 1.165) is 0 Å². The molecule has 0 spiro atoms. The summed E-state index contributed by atoms with van der Waals surface area (Å²) in [5, 5.41) is 2.63. The lowest BCUT2D eigenvalue weighted by Gasteiger charge is -2.12. The van der Waals surface area contributed by atoms with Crippen molar-refractivity contribution < 1.29 is 18.7 Å². The van der Waals surface area contributed by atoms with Crippen LogP contribution in [0.25, 0.3) is 0 Å². The number of carbonyl (C=O) groups is 2. The van der Waals surface area contributed by atoms with E-state index >= 15 is 0 Å². The zero-order valence-corrected chi connectivity index (χ0v) is 11.6. The van der Waals surface area contributed by atoms with Crippen LogP contribution in [0.2, 0.25) is 0 Å². The van der Waals surface area contributed by atoms with Gasteiger partial charge in [0.25, 0.3) is 0 Å². The molecule has 108 valence electrons. The number of hydrogen-bond acceptors (Lipinski definition) is 3. The van der Waals surface area contributed by atoms with Gasteiger partial charge < -0.3 is 10.1 Å². The molecule has 1 amide bonds. The maximum absolute atomic E-state index is 13.5. The van der Waals surface area contributed by atoms with Gasteiger partial charge in [0.1, 0.15) is 5.82 Å². The Morgan fingerprint density at radius 2 is 2.10 bits per heavy atom. The fourth-order valence-corrected chi connectivity index (χ4v) is 1.73. The lowest BCUT2D eigenvalue weighted by Crippen LogP contribution is -2.24. The van der Waals surface area contributed by atoms with E-state index in [1.54, 1.807) is 25.1 Å². The van der Waals surface area contributed by atoms with Crippen LogP contribution >= 0.6 is 0 Å². The van der Waals surface area contributed by atoms with Crippen LogP contribution in [-0.4, -0.2) is 25.5 Å². The van der Waals surface area contributed by atoms with Gasteiger partial charge in [0, 0.05) is 19.0 Å². The molecule has 0 saturated heterocycles. The molecule has 0 heterocycles. The predicted octanol–water partition coefficient (Wildman–Crippen LogP) is 2.16. The lowest BCUT2D eigenvalue weighted by molar-refractivity contribution is -0.134. The SMILES string of the molecule is COC(=O)/C=C/CNC(=O)CC(C)c1ccccc1F. The van der Waals surface area contributed by atoms with Crippen molar-refractivity contribution in [2.75, 3.05) is 13.7 Å². The number of benzene rings is 1. The third-order valence-electron chi connectivity index (χ3n) is 2.80. The van der Waals surface area contributed by atoms with Gasteiger partial charge in [-0.3, -0.25) is 4.79 Å². The van der Waals surface area contributed by atoms with E-state index in [1.807, 2.05) is 0 Å². The highest BCUT2D eigenvalue weighted by atomic mass is 19.1. The molecule has 0 radical (unpaired) electrons. The minimum Gasteiger partial charge on any atom is -0.466 e. The minimum absolute atomic E-state index is 0.187. The van der Waals surface area contributed by atoms with Crippen LogP contribution < -0.4 is 5.32 Å². The number of hydrogen-bond donors (Lipinski definition) is 1. The predicted molar refractivity (Wildman–Crippen MR) is 73.6 cm³/mol. The molecule has 1 N–H and O–H groups in total. The normalized spacial score (nSPS) is 12.2. The van der Waals surface area contributed by atoms with Crippen LogP contribution in [0, 0.1) is 5.82 Å². The third kappa shape index (κ3) is 5.22. The van der Waals surface area contributed by atoms with Crippen LogP contribution in [0.3, 0.4) is 0 Å². The summed E-state index contributed by atoms with van der Waals surface area (Å²) in [6.45, 7) is 2.03. The Bertz CT molecular complexity index is 500. The van der Waals surface area contributed by atoms with Crippen LogP contribution in [0.15, 0.2) is 36.4 Å². The number of carbonyl (C=O) groups excluding carboxylic acids is 2. The van der Waals surface area contributed by atoms with Crippen molar-refractivity contribution in [3.05, 3.63) is 47.8 Å². The minimum atomic E-state index is -0.473. The Balaban J connectivity index is 2.41. The Hall–Kier alpha value is -2.17. The molecule has 0 saturated carbocycles. The molecule has 4 nitrogen and oxygen atoms in total. The van der Waals surface area contributed by atoms with Crippen LogP contribution in [0.1, 0.15) is 24.8 Å². The Morgan fingerprint density at radius 1 is 1.40 bits per heavy atom. The molecule has 0 fully saturated rings. The van der Waals surface area contributed by atoms with Crippen molar-refractivity contribution in [1.29, 1.82) is 0 Å². The molecule has 1 aromatic carbocycles. The monoisotopic (exact) mass is 279 g/mol. The Morgan fingerprint density at radius 3 is 2.75 bits per heavy atom. The first-order valence-electron chi connectivity index (χ1n) is 6.30. The van der Waals surface area contributed by atoms with Crippen molar-refractivity contribution in [3.63, 3.8) is 0 Å². The average molecular weight is 279 g/mol. The van der Waals surface area contributed by atoms with E-state index in [2.05, 4.69) is 10.1 Å². The molecule has 20 heavy (non-hydrogen) atoms. The molecule has 1 aromatic rings. The third-order valence-corrected chi connectivity index (χ3v) is 2.80. The van der Waals surface area contributed by atoms with E-state index in [1.165, 1.54) is 25.3 Å². The molecular weight excluding hydrogens is 261 g/mol. The summed E-state index contributed by atoms with van der Waals surface area (Å²) in [5.74, 6) is -1.19. The van der Waals surface area contributed by atoms with Gasteiger partial charge in [-0.05, 0) is 17.5 Å². The standard InChI is InChI=1S/C15H18FNO3/c1-11(12-6-3-4-7-13(12)16)10-14(18)17-9-5-8-15(19)20-2/h3-8,11H,9-10H2,1-2H3,(H,17,18)/b8-5+. The van der Waals surface area contributed by atoms with Crippen molar-refractivity contribution in [2.24, 2.45) is 0 Å². The summed E-state index contributed by atoms with van der Waals surface area (Å²) in [6.07, 6.45) is 2.92. The van der Waals surface area contributed by atoms with E-state index in [-0.39, 0.29) is 30.6 Å². The lowest BCUT2D eigenvalue weighted by atomic mass is 9.97. The summed E-state index contributed by atoms with van der Waals surface area (Å²) in [7, 11) is 1.28. The molecule has 0 aliphatic rings. The van der Waals surface area contributed by atoms with Gasteiger partial charge in [0.15, 0.2) is 0 Å². The van der Waals surface area contributed by atoms with Crippen molar-refractivity contribution in [2.45, 2.75) is 19.3 Å². The summed E-state index contributed by atoms with van der Waals surface area (Å²) in [5.41, 5.74) is 0.521. The highest BCUT2D eigenvalue weighted by Gasteiger charge is 2.13. The number of ether oxygens (including phenoxy) is 1. The summed E-state index contributed by atoms with van der Waals surface area (Å²) in [4.78, 5) is 22.5. The second-order valence-corrected chi connectivity index (χ2v) is 4.36. The van der Waals surface area contributed by atoms with Gasteiger partial charge in [0.2, 0.25) is 5.91 Å². The van der Waals surface area contributed by atoms with Crippen molar-refractivity contribution >= 4 is 11.9 Å². The van der Waals surface area contributed by atoms with Gasteiger partial charge in [-0.2, -0.15) is 0 Å². The first kappa shape index (κ1) is 15.9. The van der Waals surface area contributed by atoms with Crippen LogP contribution in [0.5, 0.6) is 0 Å². The zero-order valence-electron chi connectivity index (χ0n) is 11.6. The maximum Gasteiger partial charge on any atom is 0.330 e. The van der Waals surface area contributed by atoms with E-state index in [4.69, 9.17) is 0 Å². The number of methoxy groups -OCH3 is 1. The quantitative estimate of drug-likeness (QED) is 0.641. The second-order valence-electron chi connectivity index (χ2n) is 4.36. The molecule has 0 aliphatic heterocycles. The number of halogens is 1. The fraction of sp³-hybridized carbons (Fsp3) is 0.333. The molecule has 1 rings (SSSR count).